The number of hydrogen-bond acceptors (Lipinski definition) is 3. The van der Waals surface area contributed by atoms with E-state index in [4.69, 9.17) is 5.11 Å². The van der Waals surface area contributed by atoms with Gasteiger partial charge in [-0.05, 0) is 31.2 Å². The summed E-state index contributed by atoms with van der Waals surface area (Å²) in [6.45, 7) is 1.70. The first-order valence-electron chi connectivity index (χ1n) is 5.62. The molecule has 0 saturated heterocycles. The third kappa shape index (κ3) is 2.96. The number of benzene rings is 1. The lowest BCUT2D eigenvalue weighted by atomic mass is 10.1. The minimum absolute atomic E-state index is 0.183. The first kappa shape index (κ1) is 13.2. The summed E-state index contributed by atoms with van der Waals surface area (Å²) in [4.78, 5) is 16.4. The number of rotatable bonds is 3. The van der Waals surface area contributed by atoms with E-state index in [-0.39, 0.29) is 13.2 Å². The lowest BCUT2D eigenvalue weighted by molar-refractivity contribution is -0.137. The van der Waals surface area contributed by atoms with Crippen LogP contribution < -0.4 is 0 Å². The summed E-state index contributed by atoms with van der Waals surface area (Å²) in [6, 6.07) is 3.48. The van der Waals surface area contributed by atoms with Gasteiger partial charge in [-0.3, -0.25) is 9.79 Å². The highest BCUT2D eigenvalue weighted by atomic mass is 19.2. The van der Waals surface area contributed by atoms with Gasteiger partial charge in [-0.2, -0.15) is 0 Å². The summed E-state index contributed by atoms with van der Waals surface area (Å²) < 4.78 is 26.2. The van der Waals surface area contributed by atoms with Gasteiger partial charge in [0.2, 0.25) is 0 Å². The van der Waals surface area contributed by atoms with Crippen LogP contribution in [0.5, 0.6) is 0 Å². The Bertz CT molecular complexity index is 582. The summed E-state index contributed by atoms with van der Waals surface area (Å²) in [5.74, 6) is -2.91. The number of carbonyl (C=O) groups is 1. The molecule has 0 radical (unpaired) electrons. The SMILES string of the molecule is CC1=NCN(CC(=O)O)C(c2ccc(F)c(F)c2)=C1. The van der Waals surface area contributed by atoms with Crippen molar-refractivity contribution in [3.05, 3.63) is 41.5 Å². The lowest BCUT2D eigenvalue weighted by Crippen LogP contribution is -2.31. The number of aliphatic carboxylic acids is 1. The Labute approximate surface area is 108 Å². The van der Waals surface area contributed by atoms with Gasteiger partial charge in [0.15, 0.2) is 11.6 Å². The fraction of sp³-hybridized carbons (Fsp3) is 0.231. The van der Waals surface area contributed by atoms with Crippen molar-refractivity contribution < 1.29 is 18.7 Å². The van der Waals surface area contributed by atoms with Gasteiger partial charge in [0.25, 0.3) is 0 Å². The van der Waals surface area contributed by atoms with E-state index >= 15 is 0 Å². The predicted octanol–water partition coefficient (Wildman–Crippen LogP) is 2.12. The molecule has 19 heavy (non-hydrogen) atoms. The summed E-state index contributed by atoms with van der Waals surface area (Å²) in [5, 5.41) is 8.84. The molecular weight excluding hydrogens is 254 g/mol. The van der Waals surface area contributed by atoms with Crippen molar-refractivity contribution in [1.82, 2.24) is 4.90 Å². The smallest absolute Gasteiger partial charge is 0.323 e. The predicted molar refractivity (Wildman–Crippen MR) is 66.7 cm³/mol. The standard InChI is InChI=1S/C13H12F2N2O2/c1-8-4-12(17(7-16-8)6-13(18)19)9-2-3-10(14)11(15)5-9/h2-5H,6-7H2,1H3,(H,18,19). The fourth-order valence-corrected chi connectivity index (χ4v) is 1.83. The van der Waals surface area contributed by atoms with Crippen molar-refractivity contribution in [2.24, 2.45) is 4.99 Å². The van der Waals surface area contributed by atoms with Gasteiger partial charge in [0.1, 0.15) is 13.2 Å². The Morgan fingerprint density at radius 2 is 2.16 bits per heavy atom. The Balaban J connectivity index is 2.39. The van der Waals surface area contributed by atoms with Gasteiger partial charge in [0, 0.05) is 17.0 Å². The van der Waals surface area contributed by atoms with Crippen LogP contribution in [0.2, 0.25) is 0 Å². The summed E-state index contributed by atoms with van der Waals surface area (Å²) in [5.41, 5.74) is 1.66. The Kier molecular flexibility index (Phi) is 3.59. The molecule has 1 N–H and O–H groups in total. The Morgan fingerprint density at radius 1 is 1.42 bits per heavy atom. The third-order valence-corrected chi connectivity index (χ3v) is 2.72. The van der Waals surface area contributed by atoms with Crippen molar-refractivity contribution in [2.45, 2.75) is 6.92 Å². The minimum atomic E-state index is -1.01. The van der Waals surface area contributed by atoms with Crippen LogP contribution in [0.1, 0.15) is 12.5 Å². The molecule has 1 aliphatic heterocycles. The van der Waals surface area contributed by atoms with Crippen molar-refractivity contribution >= 4 is 17.4 Å². The van der Waals surface area contributed by atoms with Crippen LogP contribution in [-0.2, 0) is 4.79 Å². The first-order valence-corrected chi connectivity index (χ1v) is 5.62. The van der Waals surface area contributed by atoms with E-state index in [1.54, 1.807) is 13.0 Å². The van der Waals surface area contributed by atoms with Crippen molar-refractivity contribution in [3.63, 3.8) is 0 Å². The molecular formula is C13H12F2N2O2. The summed E-state index contributed by atoms with van der Waals surface area (Å²) in [6.07, 6.45) is 1.65. The minimum Gasteiger partial charge on any atom is -0.480 e. The molecule has 0 fully saturated rings. The number of allylic oxidation sites excluding steroid dienone is 1. The quantitative estimate of drug-likeness (QED) is 0.911. The molecule has 0 amide bonds. The molecule has 100 valence electrons. The van der Waals surface area contributed by atoms with Gasteiger partial charge >= 0.3 is 5.97 Å². The zero-order valence-electron chi connectivity index (χ0n) is 10.2. The lowest BCUT2D eigenvalue weighted by Gasteiger charge is -2.27. The molecule has 1 aromatic carbocycles. The third-order valence-electron chi connectivity index (χ3n) is 2.72. The second-order valence-electron chi connectivity index (χ2n) is 4.19. The van der Waals surface area contributed by atoms with Crippen molar-refractivity contribution in [1.29, 1.82) is 0 Å². The van der Waals surface area contributed by atoms with Crippen molar-refractivity contribution in [2.75, 3.05) is 13.2 Å². The van der Waals surface area contributed by atoms with Crippen molar-refractivity contribution in [3.8, 4) is 0 Å². The Morgan fingerprint density at radius 3 is 2.79 bits per heavy atom. The number of carboxylic acid groups (broad SMARTS) is 1. The molecule has 1 heterocycles. The topological polar surface area (TPSA) is 52.9 Å². The van der Waals surface area contributed by atoms with E-state index < -0.39 is 17.6 Å². The van der Waals surface area contributed by atoms with E-state index in [1.807, 2.05) is 0 Å². The van der Waals surface area contributed by atoms with E-state index in [2.05, 4.69) is 4.99 Å². The van der Waals surface area contributed by atoms with Gasteiger partial charge in [-0.25, -0.2) is 8.78 Å². The number of hydrogen-bond donors (Lipinski definition) is 1. The zero-order chi connectivity index (χ0) is 14.0. The second-order valence-corrected chi connectivity index (χ2v) is 4.19. The van der Waals surface area contributed by atoms with Crippen LogP contribution >= 0.6 is 0 Å². The van der Waals surface area contributed by atoms with E-state index in [1.165, 1.54) is 11.0 Å². The van der Waals surface area contributed by atoms with Gasteiger partial charge < -0.3 is 10.0 Å². The normalized spacial score (nSPS) is 15.0. The maximum Gasteiger partial charge on any atom is 0.323 e. The molecule has 4 nitrogen and oxygen atoms in total. The van der Waals surface area contributed by atoms with Crippen LogP contribution in [-0.4, -0.2) is 34.9 Å². The average Bonchev–Trinajstić information content (AvgIpc) is 2.34. The molecule has 0 unspecified atom stereocenters. The molecule has 0 aromatic heterocycles. The van der Waals surface area contributed by atoms with Gasteiger partial charge in [-0.15, -0.1) is 0 Å². The van der Waals surface area contributed by atoms with Crippen LogP contribution in [0, 0.1) is 11.6 Å². The largest absolute Gasteiger partial charge is 0.480 e. The van der Waals surface area contributed by atoms with E-state index in [9.17, 15) is 13.6 Å². The number of halogens is 2. The fourth-order valence-electron chi connectivity index (χ4n) is 1.83. The number of aliphatic imine (C=N–C) groups is 1. The van der Waals surface area contributed by atoms with Crippen LogP contribution in [0.4, 0.5) is 8.78 Å². The van der Waals surface area contributed by atoms with Gasteiger partial charge in [0.05, 0.1) is 0 Å². The second kappa shape index (κ2) is 5.17. The monoisotopic (exact) mass is 266 g/mol. The van der Waals surface area contributed by atoms with Crippen LogP contribution in [0.25, 0.3) is 5.70 Å². The zero-order valence-corrected chi connectivity index (χ0v) is 10.2. The van der Waals surface area contributed by atoms with Crippen LogP contribution in [0.15, 0.2) is 29.3 Å². The molecule has 1 aliphatic rings. The average molecular weight is 266 g/mol. The van der Waals surface area contributed by atoms with E-state index in [0.717, 1.165) is 12.1 Å². The molecule has 6 heteroatoms. The molecule has 2 rings (SSSR count). The molecule has 1 aromatic rings. The molecule has 0 spiro atoms. The summed E-state index contributed by atoms with van der Waals surface area (Å²) >= 11 is 0. The first-order chi connectivity index (χ1) is 8.97. The highest BCUT2D eigenvalue weighted by Gasteiger charge is 2.19. The maximum absolute atomic E-state index is 13.3. The number of nitrogens with zero attached hydrogens (tertiary/aromatic N) is 2. The molecule has 0 aliphatic carbocycles. The maximum atomic E-state index is 13.3. The molecule has 0 atom stereocenters. The molecule has 0 saturated carbocycles. The summed E-state index contributed by atoms with van der Waals surface area (Å²) in [7, 11) is 0. The highest BCUT2D eigenvalue weighted by molar-refractivity contribution is 6.00. The van der Waals surface area contributed by atoms with Crippen LogP contribution in [0.3, 0.4) is 0 Å². The van der Waals surface area contributed by atoms with E-state index in [0.29, 0.717) is 17.0 Å². The Hall–Kier alpha value is -2.24. The molecule has 0 bridgehead atoms. The highest BCUT2D eigenvalue weighted by Crippen LogP contribution is 2.23. The number of carboxylic acids is 1. The van der Waals surface area contributed by atoms with Gasteiger partial charge in [-0.1, -0.05) is 0 Å².